The summed E-state index contributed by atoms with van der Waals surface area (Å²) in [5.41, 5.74) is 1.05. The zero-order valence-electron chi connectivity index (χ0n) is 11.0. The largest absolute Gasteiger partial charge is 0.311 e. The summed E-state index contributed by atoms with van der Waals surface area (Å²) in [7, 11) is -3.80. The van der Waals surface area contributed by atoms with Crippen molar-refractivity contribution in [2.75, 3.05) is 11.3 Å². The van der Waals surface area contributed by atoms with E-state index in [1.54, 1.807) is 12.1 Å². The van der Waals surface area contributed by atoms with Crippen LogP contribution in [0.5, 0.6) is 0 Å². The predicted molar refractivity (Wildman–Crippen MR) is 79.5 cm³/mol. The van der Waals surface area contributed by atoms with Crippen molar-refractivity contribution in [1.82, 2.24) is 10.3 Å². The highest BCUT2D eigenvalue weighted by atomic mass is 32.2. The minimum absolute atomic E-state index is 0.0289. The molecule has 2 N–H and O–H groups in total. The molecule has 3 rings (SSSR count). The van der Waals surface area contributed by atoms with Crippen LogP contribution in [0.3, 0.4) is 0 Å². The van der Waals surface area contributed by atoms with Crippen molar-refractivity contribution < 1.29 is 8.42 Å². The lowest BCUT2D eigenvalue weighted by molar-refractivity contribution is 0.601. The number of hydrogen-bond acceptors (Lipinski definition) is 6. The summed E-state index contributed by atoms with van der Waals surface area (Å²) in [6.45, 7) is 1.56. The van der Waals surface area contributed by atoms with Crippen LogP contribution in [-0.4, -0.2) is 19.9 Å². The molecule has 0 saturated heterocycles. The summed E-state index contributed by atoms with van der Waals surface area (Å²) in [4.78, 5) is 5.34. The van der Waals surface area contributed by atoms with Crippen LogP contribution in [0.15, 0.2) is 29.2 Å². The van der Waals surface area contributed by atoms with E-state index in [1.165, 1.54) is 23.5 Å². The molecule has 0 spiro atoms. The Balaban J connectivity index is 1.93. The molecule has 2 heterocycles. The van der Waals surface area contributed by atoms with Gasteiger partial charge in [0.15, 0.2) is 5.13 Å². The lowest BCUT2D eigenvalue weighted by Gasteiger charge is -2.09. The van der Waals surface area contributed by atoms with Crippen LogP contribution in [-0.2, 0) is 23.0 Å². The molecule has 1 aromatic carbocycles. The van der Waals surface area contributed by atoms with Crippen molar-refractivity contribution in [3.8, 4) is 6.07 Å². The molecule has 0 radical (unpaired) electrons. The van der Waals surface area contributed by atoms with Gasteiger partial charge in [-0.3, -0.25) is 4.72 Å². The molecular formula is C13H12N4O2S2. The molecule has 8 heteroatoms. The first-order chi connectivity index (χ1) is 10.1. The van der Waals surface area contributed by atoms with Gasteiger partial charge in [0.2, 0.25) is 0 Å². The summed E-state index contributed by atoms with van der Waals surface area (Å²) < 4.78 is 27.2. The Morgan fingerprint density at radius 3 is 2.95 bits per heavy atom. The van der Waals surface area contributed by atoms with Gasteiger partial charge in [-0.05, 0) is 12.1 Å². The number of anilines is 1. The monoisotopic (exact) mass is 320 g/mol. The Kier molecular flexibility index (Phi) is 3.63. The second-order valence-corrected chi connectivity index (χ2v) is 7.26. The van der Waals surface area contributed by atoms with Crippen LogP contribution >= 0.6 is 11.3 Å². The fourth-order valence-electron chi connectivity index (χ4n) is 2.13. The summed E-state index contributed by atoms with van der Waals surface area (Å²) in [5.74, 6) is 0. The van der Waals surface area contributed by atoms with Crippen LogP contribution in [0.1, 0.15) is 16.1 Å². The Hall–Kier alpha value is -1.95. The number of benzene rings is 1. The molecule has 0 aliphatic carbocycles. The van der Waals surface area contributed by atoms with Crippen molar-refractivity contribution in [2.24, 2.45) is 0 Å². The zero-order chi connectivity index (χ0) is 14.9. The molecule has 2 aromatic rings. The zero-order valence-corrected chi connectivity index (χ0v) is 12.6. The number of nitriles is 1. The molecule has 0 atom stereocenters. The number of aromatic nitrogens is 1. The quantitative estimate of drug-likeness (QED) is 0.893. The highest BCUT2D eigenvalue weighted by Crippen LogP contribution is 2.27. The molecule has 6 nitrogen and oxygen atoms in total. The first-order valence-electron chi connectivity index (χ1n) is 6.31. The average molecular weight is 320 g/mol. The minimum Gasteiger partial charge on any atom is -0.311 e. The lowest BCUT2D eigenvalue weighted by Crippen LogP contribution is -2.22. The van der Waals surface area contributed by atoms with Crippen molar-refractivity contribution in [1.29, 1.82) is 5.26 Å². The summed E-state index contributed by atoms with van der Waals surface area (Å²) in [6.07, 6.45) is 0.794. The van der Waals surface area contributed by atoms with Crippen LogP contribution in [0.25, 0.3) is 0 Å². The lowest BCUT2D eigenvalue weighted by atomic mass is 10.2. The number of nitrogens with zero attached hydrogens (tertiary/aromatic N) is 2. The third-order valence-electron chi connectivity index (χ3n) is 3.12. The van der Waals surface area contributed by atoms with Gasteiger partial charge in [-0.2, -0.15) is 5.26 Å². The predicted octanol–water partition coefficient (Wildman–Crippen LogP) is 1.46. The average Bonchev–Trinajstić information content (AvgIpc) is 2.88. The molecule has 0 amide bonds. The maximum Gasteiger partial charge on any atom is 0.264 e. The van der Waals surface area contributed by atoms with E-state index in [4.69, 9.17) is 5.26 Å². The first-order valence-corrected chi connectivity index (χ1v) is 8.61. The van der Waals surface area contributed by atoms with Gasteiger partial charge in [0.1, 0.15) is 11.0 Å². The number of rotatable bonds is 3. The highest BCUT2D eigenvalue weighted by Gasteiger charge is 2.22. The van der Waals surface area contributed by atoms with E-state index in [-0.39, 0.29) is 10.5 Å². The summed E-state index contributed by atoms with van der Waals surface area (Å²) in [5, 5.41) is 12.6. The molecule has 0 fully saturated rings. The van der Waals surface area contributed by atoms with E-state index in [0.29, 0.717) is 11.7 Å². The van der Waals surface area contributed by atoms with E-state index in [9.17, 15) is 8.42 Å². The number of fused-ring (bicyclic) bond motifs is 1. The topological polar surface area (TPSA) is 94.9 Å². The van der Waals surface area contributed by atoms with Crippen molar-refractivity contribution >= 4 is 26.5 Å². The van der Waals surface area contributed by atoms with Crippen molar-refractivity contribution in [2.45, 2.75) is 17.9 Å². The highest BCUT2D eigenvalue weighted by molar-refractivity contribution is 7.93. The van der Waals surface area contributed by atoms with Crippen LogP contribution in [0.2, 0.25) is 0 Å². The first kappa shape index (κ1) is 14.0. The van der Waals surface area contributed by atoms with Crippen LogP contribution < -0.4 is 10.0 Å². The van der Waals surface area contributed by atoms with Gasteiger partial charge in [-0.1, -0.05) is 23.5 Å². The molecule has 0 unspecified atom stereocenters. The van der Waals surface area contributed by atoms with Crippen molar-refractivity contribution in [3.05, 3.63) is 40.4 Å². The van der Waals surface area contributed by atoms with Gasteiger partial charge in [-0.25, -0.2) is 13.4 Å². The Bertz CT molecular complexity index is 797. The van der Waals surface area contributed by atoms with Gasteiger partial charge in [0.05, 0.1) is 11.3 Å². The molecule has 0 saturated carbocycles. The standard InChI is InChI=1S/C13H12N4O2S2/c14-7-9-3-1-2-4-12(9)21(18,19)17-13-16-10-5-6-15-8-11(10)20-13/h1-4,15H,5-6,8H2,(H,16,17). The molecule has 1 aliphatic rings. The smallest absolute Gasteiger partial charge is 0.264 e. The summed E-state index contributed by atoms with van der Waals surface area (Å²) in [6, 6.07) is 8.00. The van der Waals surface area contributed by atoms with E-state index in [1.807, 2.05) is 6.07 Å². The van der Waals surface area contributed by atoms with E-state index in [2.05, 4.69) is 15.0 Å². The van der Waals surface area contributed by atoms with Gasteiger partial charge < -0.3 is 5.32 Å². The van der Waals surface area contributed by atoms with E-state index >= 15 is 0 Å². The van der Waals surface area contributed by atoms with Crippen molar-refractivity contribution in [3.63, 3.8) is 0 Å². The van der Waals surface area contributed by atoms with Crippen LogP contribution in [0.4, 0.5) is 5.13 Å². The molecule has 108 valence electrons. The van der Waals surface area contributed by atoms with Gasteiger partial charge in [0.25, 0.3) is 10.0 Å². The number of hydrogen-bond donors (Lipinski definition) is 2. The van der Waals surface area contributed by atoms with Crippen LogP contribution in [0, 0.1) is 11.3 Å². The third kappa shape index (κ3) is 2.76. The Labute approximate surface area is 126 Å². The number of thiazole rings is 1. The molecule has 1 aliphatic heterocycles. The van der Waals surface area contributed by atoms with Gasteiger partial charge in [-0.15, -0.1) is 0 Å². The van der Waals surface area contributed by atoms with Gasteiger partial charge in [0, 0.05) is 24.4 Å². The fourth-order valence-corrected chi connectivity index (χ4v) is 4.50. The summed E-state index contributed by atoms with van der Waals surface area (Å²) >= 11 is 1.32. The molecule has 1 aromatic heterocycles. The third-order valence-corrected chi connectivity index (χ3v) is 5.66. The fraction of sp³-hybridized carbons (Fsp3) is 0.231. The Morgan fingerprint density at radius 2 is 2.19 bits per heavy atom. The molecule has 0 bridgehead atoms. The second-order valence-electron chi connectivity index (χ2n) is 4.53. The minimum atomic E-state index is -3.80. The molecule has 21 heavy (non-hydrogen) atoms. The normalized spacial score (nSPS) is 14.2. The van der Waals surface area contributed by atoms with E-state index in [0.717, 1.165) is 23.5 Å². The maximum atomic E-state index is 12.4. The SMILES string of the molecule is N#Cc1ccccc1S(=O)(=O)Nc1nc2c(s1)CNCC2. The maximum absolute atomic E-state index is 12.4. The number of nitrogens with one attached hydrogen (secondary N) is 2. The van der Waals surface area contributed by atoms with Gasteiger partial charge >= 0.3 is 0 Å². The van der Waals surface area contributed by atoms with E-state index < -0.39 is 10.0 Å². The second kappa shape index (κ2) is 5.44. The Morgan fingerprint density at radius 1 is 1.38 bits per heavy atom. The molecular weight excluding hydrogens is 308 g/mol. The number of sulfonamides is 1.